The summed E-state index contributed by atoms with van der Waals surface area (Å²) in [4.78, 5) is 13.6. The van der Waals surface area contributed by atoms with Crippen LogP contribution in [0.5, 0.6) is 0 Å². The molecular formula is C13H15Cl2NO. The summed E-state index contributed by atoms with van der Waals surface area (Å²) >= 11 is 12.0. The summed E-state index contributed by atoms with van der Waals surface area (Å²) in [6.07, 6.45) is 0.562. The molecule has 1 aliphatic heterocycles. The Kier molecular flexibility index (Phi) is 3.95. The van der Waals surface area contributed by atoms with E-state index in [0.29, 0.717) is 18.8 Å². The molecule has 0 aromatic heterocycles. The van der Waals surface area contributed by atoms with Crippen molar-refractivity contribution in [1.29, 1.82) is 0 Å². The van der Waals surface area contributed by atoms with Crippen LogP contribution in [-0.2, 0) is 11.3 Å². The van der Waals surface area contributed by atoms with Crippen molar-refractivity contribution in [3.63, 3.8) is 0 Å². The fourth-order valence-corrected chi connectivity index (χ4v) is 2.60. The molecule has 0 saturated carbocycles. The molecule has 1 aromatic rings. The maximum atomic E-state index is 11.8. The third-order valence-corrected chi connectivity index (χ3v) is 3.87. The van der Waals surface area contributed by atoms with Crippen LogP contribution in [0.15, 0.2) is 18.2 Å². The number of alkyl halides is 1. The van der Waals surface area contributed by atoms with E-state index >= 15 is 0 Å². The summed E-state index contributed by atoms with van der Waals surface area (Å²) in [5.41, 5.74) is 2.13. The van der Waals surface area contributed by atoms with Gasteiger partial charge >= 0.3 is 0 Å². The number of carbonyl (C=O) groups is 1. The number of benzene rings is 1. The average molecular weight is 272 g/mol. The van der Waals surface area contributed by atoms with Gasteiger partial charge in [0.05, 0.1) is 0 Å². The zero-order valence-corrected chi connectivity index (χ0v) is 11.3. The van der Waals surface area contributed by atoms with Gasteiger partial charge in [-0.15, -0.1) is 11.6 Å². The number of hydrogen-bond donors (Lipinski definition) is 0. The van der Waals surface area contributed by atoms with Crippen molar-refractivity contribution in [2.75, 3.05) is 12.4 Å². The molecular weight excluding hydrogens is 257 g/mol. The SMILES string of the molecule is Cc1ccc(CN2CC(CCl)CC2=O)c(Cl)c1. The minimum Gasteiger partial charge on any atom is -0.338 e. The van der Waals surface area contributed by atoms with Gasteiger partial charge in [0.25, 0.3) is 0 Å². The highest BCUT2D eigenvalue weighted by Crippen LogP contribution is 2.24. The number of hydrogen-bond acceptors (Lipinski definition) is 1. The maximum Gasteiger partial charge on any atom is 0.223 e. The second kappa shape index (κ2) is 5.28. The van der Waals surface area contributed by atoms with E-state index in [-0.39, 0.29) is 11.8 Å². The molecule has 0 bridgehead atoms. The van der Waals surface area contributed by atoms with Gasteiger partial charge in [0, 0.05) is 30.4 Å². The van der Waals surface area contributed by atoms with Crippen LogP contribution in [0.4, 0.5) is 0 Å². The van der Waals surface area contributed by atoms with E-state index < -0.39 is 0 Å². The maximum absolute atomic E-state index is 11.8. The quantitative estimate of drug-likeness (QED) is 0.773. The lowest BCUT2D eigenvalue weighted by atomic mass is 10.1. The predicted octanol–water partition coefficient (Wildman–Crippen LogP) is 3.24. The second-order valence-corrected chi connectivity index (χ2v) is 5.31. The van der Waals surface area contributed by atoms with Crippen LogP contribution in [0, 0.1) is 12.8 Å². The molecule has 1 atom stereocenters. The van der Waals surface area contributed by atoms with Crippen molar-refractivity contribution in [3.05, 3.63) is 34.3 Å². The largest absolute Gasteiger partial charge is 0.338 e. The summed E-state index contributed by atoms with van der Waals surface area (Å²) in [5.74, 6) is 1.00. The number of halogens is 2. The fourth-order valence-electron chi connectivity index (χ4n) is 2.10. The fraction of sp³-hybridized carbons (Fsp3) is 0.462. The number of carbonyl (C=O) groups excluding carboxylic acids is 1. The van der Waals surface area contributed by atoms with Crippen molar-refractivity contribution in [2.24, 2.45) is 5.92 Å². The minimum absolute atomic E-state index is 0.173. The first-order valence-electron chi connectivity index (χ1n) is 5.69. The number of rotatable bonds is 3. The zero-order chi connectivity index (χ0) is 12.4. The van der Waals surface area contributed by atoms with Crippen molar-refractivity contribution in [3.8, 4) is 0 Å². The Hall–Kier alpha value is -0.730. The Balaban J connectivity index is 2.08. The van der Waals surface area contributed by atoms with E-state index in [1.807, 2.05) is 30.0 Å². The molecule has 1 aliphatic rings. The Morgan fingerprint density at radius 2 is 2.24 bits per heavy atom. The van der Waals surface area contributed by atoms with E-state index in [2.05, 4.69) is 0 Å². The summed E-state index contributed by atoms with van der Waals surface area (Å²) < 4.78 is 0. The predicted molar refractivity (Wildman–Crippen MR) is 70.4 cm³/mol. The summed E-state index contributed by atoms with van der Waals surface area (Å²) in [6, 6.07) is 5.93. The molecule has 0 radical (unpaired) electrons. The van der Waals surface area contributed by atoms with Crippen LogP contribution in [0.3, 0.4) is 0 Å². The molecule has 1 saturated heterocycles. The molecule has 1 heterocycles. The van der Waals surface area contributed by atoms with Crippen LogP contribution >= 0.6 is 23.2 Å². The molecule has 0 aliphatic carbocycles. The van der Waals surface area contributed by atoms with Gasteiger partial charge in [0.15, 0.2) is 0 Å². The molecule has 2 nitrogen and oxygen atoms in total. The molecule has 4 heteroatoms. The lowest BCUT2D eigenvalue weighted by Crippen LogP contribution is -2.24. The van der Waals surface area contributed by atoms with Crippen molar-refractivity contribution in [2.45, 2.75) is 19.9 Å². The van der Waals surface area contributed by atoms with E-state index in [0.717, 1.165) is 22.7 Å². The molecule has 1 aromatic carbocycles. The number of nitrogens with zero attached hydrogens (tertiary/aromatic N) is 1. The molecule has 92 valence electrons. The van der Waals surface area contributed by atoms with Crippen LogP contribution in [0.2, 0.25) is 5.02 Å². The molecule has 1 fully saturated rings. The van der Waals surface area contributed by atoms with Crippen LogP contribution in [0.25, 0.3) is 0 Å². The second-order valence-electron chi connectivity index (χ2n) is 4.59. The highest BCUT2D eigenvalue weighted by Gasteiger charge is 2.28. The van der Waals surface area contributed by atoms with Gasteiger partial charge in [-0.25, -0.2) is 0 Å². The monoisotopic (exact) mass is 271 g/mol. The average Bonchev–Trinajstić information content (AvgIpc) is 2.64. The standard InChI is InChI=1S/C13H15Cl2NO/c1-9-2-3-11(12(15)4-9)8-16-7-10(6-14)5-13(16)17/h2-4,10H,5-8H2,1H3. The summed E-state index contributed by atoms with van der Waals surface area (Å²) in [7, 11) is 0. The van der Waals surface area contributed by atoms with Crippen LogP contribution in [-0.4, -0.2) is 23.2 Å². The van der Waals surface area contributed by atoms with E-state index in [1.165, 1.54) is 0 Å². The number of aryl methyl sites for hydroxylation is 1. The lowest BCUT2D eigenvalue weighted by Gasteiger charge is -2.17. The zero-order valence-electron chi connectivity index (χ0n) is 9.75. The third-order valence-electron chi connectivity index (χ3n) is 3.08. The third kappa shape index (κ3) is 2.93. The smallest absolute Gasteiger partial charge is 0.223 e. The van der Waals surface area contributed by atoms with Gasteiger partial charge in [0.2, 0.25) is 5.91 Å². The van der Waals surface area contributed by atoms with Gasteiger partial charge in [-0.05, 0) is 30.0 Å². The highest BCUT2D eigenvalue weighted by molar-refractivity contribution is 6.31. The molecule has 1 unspecified atom stereocenters. The van der Waals surface area contributed by atoms with Gasteiger partial charge in [0.1, 0.15) is 0 Å². The Labute approximate surface area is 112 Å². The first kappa shape index (κ1) is 12.7. The normalized spacial score (nSPS) is 20.1. The van der Waals surface area contributed by atoms with Crippen LogP contribution < -0.4 is 0 Å². The molecule has 0 spiro atoms. The Bertz CT molecular complexity index is 433. The van der Waals surface area contributed by atoms with Crippen LogP contribution in [0.1, 0.15) is 17.5 Å². The molecule has 17 heavy (non-hydrogen) atoms. The number of amides is 1. The Morgan fingerprint density at radius 1 is 1.47 bits per heavy atom. The van der Waals surface area contributed by atoms with E-state index in [4.69, 9.17) is 23.2 Å². The van der Waals surface area contributed by atoms with E-state index in [1.54, 1.807) is 0 Å². The summed E-state index contributed by atoms with van der Waals surface area (Å²) in [5, 5.41) is 0.729. The number of likely N-dealkylation sites (tertiary alicyclic amines) is 1. The Morgan fingerprint density at radius 3 is 2.82 bits per heavy atom. The van der Waals surface area contributed by atoms with Gasteiger partial charge < -0.3 is 4.90 Å². The lowest BCUT2D eigenvalue weighted by molar-refractivity contribution is -0.128. The van der Waals surface area contributed by atoms with Crippen molar-refractivity contribution < 1.29 is 4.79 Å². The van der Waals surface area contributed by atoms with Gasteiger partial charge in [-0.2, -0.15) is 0 Å². The van der Waals surface area contributed by atoms with Crippen molar-refractivity contribution >= 4 is 29.1 Å². The van der Waals surface area contributed by atoms with E-state index in [9.17, 15) is 4.79 Å². The molecule has 0 N–H and O–H groups in total. The van der Waals surface area contributed by atoms with Gasteiger partial charge in [-0.1, -0.05) is 23.7 Å². The summed E-state index contributed by atoms with van der Waals surface area (Å²) in [6.45, 7) is 3.33. The highest BCUT2D eigenvalue weighted by atomic mass is 35.5. The minimum atomic E-state index is 0.173. The molecule has 2 rings (SSSR count). The first-order chi connectivity index (χ1) is 8.10. The van der Waals surface area contributed by atoms with Crippen molar-refractivity contribution in [1.82, 2.24) is 4.90 Å². The topological polar surface area (TPSA) is 20.3 Å². The first-order valence-corrected chi connectivity index (χ1v) is 6.60. The molecule has 1 amide bonds. The van der Waals surface area contributed by atoms with Gasteiger partial charge in [-0.3, -0.25) is 4.79 Å².